The maximum atomic E-state index is 13.8. The van der Waals surface area contributed by atoms with E-state index < -0.39 is 5.82 Å². The second-order valence-electron chi connectivity index (χ2n) is 3.40. The van der Waals surface area contributed by atoms with Gasteiger partial charge in [-0.05, 0) is 18.2 Å². The van der Waals surface area contributed by atoms with Gasteiger partial charge in [-0.1, -0.05) is 23.2 Å². The summed E-state index contributed by atoms with van der Waals surface area (Å²) in [6, 6.07) is 6.10. The molecule has 0 saturated heterocycles. The molecule has 2 nitrogen and oxygen atoms in total. The largest absolute Gasteiger partial charge is 0.436 e. The Hall–Kier alpha value is -1.03. The molecule has 0 unspecified atom stereocenters. The van der Waals surface area contributed by atoms with Gasteiger partial charge in [-0.3, -0.25) is 0 Å². The van der Waals surface area contributed by atoms with Crippen LogP contribution in [0.3, 0.4) is 0 Å². The first-order valence-corrected chi connectivity index (χ1v) is 6.23. The first kappa shape index (κ1) is 13.4. The lowest BCUT2D eigenvalue weighted by Gasteiger charge is -2.08. The van der Waals surface area contributed by atoms with Crippen LogP contribution in [0.5, 0.6) is 11.6 Å². The maximum Gasteiger partial charge on any atom is 0.256 e. The predicted molar refractivity (Wildman–Crippen MR) is 70.3 cm³/mol. The lowest BCUT2D eigenvalue weighted by atomic mass is 10.3. The van der Waals surface area contributed by atoms with Crippen molar-refractivity contribution in [3.63, 3.8) is 0 Å². The molecule has 0 aliphatic carbocycles. The molecule has 94 valence electrons. The Kier molecular flexibility index (Phi) is 4.27. The summed E-state index contributed by atoms with van der Waals surface area (Å²) in [6.07, 6.45) is 1.42. The molecule has 2 aromatic rings. The Bertz CT molecular complexity index is 577. The van der Waals surface area contributed by atoms with Crippen molar-refractivity contribution in [2.45, 2.75) is 5.88 Å². The van der Waals surface area contributed by atoms with E-state index in [0.29, 0.717) is 21.4 Å². The minimum atomic E-state index is -0.585. The van der Waals surface area contributed by atoms with Crippen LogP contribution in [0.1, 0.15) is 5.56 Å². The maximum absolute atomic E-state index is 13.8. The summed E-state index contributed by atoms with van der Waals surface area (Å²) >= 11 is 17.2. The number of aromatic nitrogens is 1. The molecular weight excluding hydrogens is 299 g/mol. The highest BCUT2D eigenvalue weighted by atomic mass is 35.5. The van der Waals surface area contributed by atoms with Gasteiger partial charge in [-0.25, -0.2) is 9.37 Å². The molecule has 0 spiro atoms. The van der Waals surface area contributed by atoms with Crippen LogP contribution >= 0.6 is 34.8 Å². The van der Waals surface area contributed by atoms with E-state index >= 15 is 0 Å². The third kappa shape index (κ3) is 2.86. The van der Waals surface area contributed by atoms with E-state index in [4.69, 9.17) is 39.5 Å². The van der Waals surface area contributed by atoms with Crippen LogP contribution in [-0.4, -0.2) is 4.98 Å². The first-order valence-electron chi connectivity index (χ1n) is 4.94. The quantitative estimate of drug-likeness (QED) is 0.740. The zero-order valence-corrected chi connectivity index (χ0v) is 11.2. The molecule has 1 heterocycles. The van der Waals surface area contributed by atoms with E-state index in [1.54, 1.807) is 12.1 Å². The van der Waals surface area contributed by atoms with Crippen molar-refractivity contribution < 1.29 is 9.13 Å². The van der Waals surface area contributed by atoms with Gasteiger partial charge in [0.1, 0.15) is 5.75 Å². The fourth-order valence-corrected chi connectivity index (χ4v) is 1.78. The van der Waals surface area contributed by atoms with Crippen molar-refractivity contribution in [2.75, 3.05) is 0 Å². The normalized spacial score (nSPS) is 10.4. The smallest absolute Gasteiger partial charge is 0.256 e. The van der Waals surface area contributed by atoms with Crippen molar-refractivity contribution in [1.29, 1.82) is 0 Å². The Morgan fingerprint density at radius 1 is 1.17 bits per heavy atom. The van der Waals surface area contributed by atoms with Gasteiger partial charge >= 0.3 is 0 Å². The summed E-state index contributed by atoms with van der Waals surface area (Å²) in [4.78, 5) is 3.80. The first-order chi connectivity index (χ1) is 8.61. The Morgan fingerprint density at radius 3 is 2.61 bits per heavy atom. The summed E-state index contributed by atoms with van der Waals surface area (Å²) in [5.74, 6) is -0.334. The van der Waals surface area contributed by atoms with Crippen LogP contribution in [-0.2, 0) is 5.88 Å². The number of nitrogens with zero attached hydrogens (tertiary/aromatic N) is 1. The van der Waals surface area contributed by atoms with Gasteiger partial charge < -0.3 is 4.74 Å². The van der Waals surface area contributed by atoms with Crippen LogP contribution < -0.4 is 4.74 Å². The second kappa shape index (κ2) is 5.74. The molecule has 0 atom stereocenters. The minimum Gasteiger partial charge on any atom is -0.436 e. The van der Waals surface area contributed by atoms with E-state index in [0.717, 1.165) is 0 Å². The SMILES string of the molecule is Fc1c(CCl)ccnc1Oc1ccc(Cl)c(Cl)c1. The van der Waals surface area contributed by atoms with Gasteiger partial charge in [0.25, 0.3) is 5.88 Å². The second-order valence-corrected chi connectivity index (χ2v) is 4.48. The Labute approximate surface area is 118 Å². The van der Waals surface area contributed by atoms with Crippen LogP contribution in [0.2, 0.25) is 10.0 Å². The number of alkyl halides is 1. The van der Waals surface area contributed by atoms with Gasteiger partial charge in [-0.2, -0.15) is 0 Å². The van der Waals surface area contributed by atoms with Gasteiger partial charge in [0.15, 0.2) is 5.82 Å². The van der Waals surface area contributed by atoms with E-state index in [2.05, 4.69) is 4.98 Å². The predicted octanol–water partition coefficient (Wildman–Crippen LogP) is 5.06. The topological polar surface area (TPSA) is 22.1 Å². The molecule has 0 aliphatic rings. The van der Waals surface area contributed by atoms with E-state index in [-0.39, 0.29) is 11.8 Å². The molecule has 1 aromatic carbocycles. The molecule has 0 bridgehead atoms. The van der Waals surface area contributed by atoms with Crippen LogP contribution in [0, 0.1) is 5.82 Å². The average Bonchev–Trinajstić information content (AvgIpc) is 2.36. The molecule has 0 N–H and O–H groups in total. The molecule has 0 fully saturated rings. The molecule has 1 aromatic heterocycles. The third-order valence-corrected chi connectivity index (χ3v) is 3.21. The van der Waals surface area contributed by atoms with Crippen molar-refractivity contribution in [2.24, 2.45) is 0 Å². The van der Waals surface area contributed by atoms with Crippen LogP contribution in [0.15, 0.2) is 30.5 Å². The highest BCUT2D eigenvalue weighted by Crippen LogP contribution is 2.30. The molecule has 0 saturated carbocycles. The highest BCUT2D eigenvalue weighted by Gasteiger charge is 2.11. The molecule has 0 amide bonds. The number of pyridine rings is 1. The third-order valence-electron chi connectivity index (χ3n) is 2.19. The van der Waals surface area contributed by atoms with E-state index in [9.17, 15) is 4.39 Å². The van der Waals surface area contributed by atoms with Crippen molar-refractivity contribution in [3.05, 3.63) is 51.9 Å². The van der Waals surface area contributed by atoms with E-state index in [1.807, 2.05) is 0 Å². The standard InChI is InChI=1S/C12H7Cl3FNO/c13-6-7-3-4-17-12(11(7)16)18-8-1-2-9(14)10(15)5-8/h1-5H,6H2. The molecular formula is C12H7Cl3FNO. The van der Waals surface area contributed by atoms with Crippen LogP contribution in [0.25, 0.3) is 0 Å². The molecule has 0 radical (unpaired) electrons. The van der Waals surface area contributed by atoms with Crippen molar-refractivity contribution >= 4 is 34.8 Å². The number of ether oxygens (including phenoxy) is 1. The number of rotatable bonds is 3. The van der Waals surface area contributed by atoms with E-state index in [1.165, 1.54) is 18.3 Å². The minimum absolute atomic E-state index is 0.0477. The summed E-state index contributed by atoms with van der Waals surface area (Å²) in [5.41, 5.74) is 0.321. The summed E-state index contributed by atoms with van der Waals surface area (Å²) in [7, 11) is 0. The van der Waals surface area contributed by atoms with Gasteiger partial charge in [0, 0.05) is 17.8 Å². The molecule has 2 rings (SSSR count). The van der Waals surface area contributed by atoms with Gasteiger partial charge in [0.2, 0.25) is 0 Å². The fourth-order valence-electron chi connectivity index (χ4n) is 1.29. The number of benzene rings is 1. The summed E-state index contributed by atoms with van der Waals surface area (Å²) in [6.45, 7) is 0. The number of hydrogen-bond donors (Lipinski definition) is 0. The lowest BCUT2D eigenvalue weighted by Crippen LogP contribution is -1.95. The Morgan fingerprint density at radius 2 is 1.94 bits per heavy atom. The zero-order valence-electron chi connectivity index (χ0n) is 8.96. The number of hydrogen-bond acceptors (Lipinski definition) is 2. The van der Waals surface area contributed by atoms with Crippen molar-refractivity contribution in [1.82, 2.24) is 4.98 Å². The van der Waals surface area contributed by atoms with Crippen LogP contribution in [0.4, 0.5) is 4.39 Å². The summed E-state index contributed by atoms with van der Waals surface area (Å²) < 4.78 is 19.1. The lowest BCUT2D eigenvalue weighted by molar-refractivity contribution is 0.420. The average molecular weight is 307 g/mol. The molecule has 18 heavy (non-hydrogen) atoms. The van der Waals surface area contributed by atoms with Crippen molar-refractivity contribution in [3.8, 4) is 11.6 Å². The number of halogens is 4. The fraction of sp³-hybridized carbons (Fsp3) is 0.0833. The zero-order chi connectivity index (χ0) is 13.1. The van der Waals surface area contributed by atoms with Gasteiger partial charge in [-0.15, -0.1) is 11.6 Å². The highest BCUT2D eigenvalue weighted by molar-refractivity contribution is 6.42. The summed E-state index contributed by atoms with van der Waals surface area (Å²) in [5, 5.41) is 0.718. The Balaban J connectivity index is 2.31. The molecule has 6 heteroatoms. The van der Waals surface area contributed by atoms with Gasteiger partial charge in [0.05, 0.1) is 15.9 Å². The molecule has 0 aliphatic heterocycles. The monoisotopic (exact) mass is 305 g/mol.